The predicted octanol–water partition coefficient (Wildman–Crippen LogP) is 3.00. The van der Waals surface area contributed by atoms with Crippen molar-refractivity contribution in [2.24, 2.45) is 0 Å². The molecule has 0 spiro atoms. The molecule has 0 aromatic carbocycles. The Hall–Kier alpha value is -1.40. The van der Waals surface area contributed by atoms with E-state index in [4.69, 9.17) is 9.84 Å². The van der Waals surface area contributed by atoms with Crippen LogP contribution in [0.15, 0.2) is 6.07 Å². The molecule has 1 N–H and O–H groups in total. The molecular weight excluding hydrogens is 340 g/mol. The third-order valence-electron chi connectivity index (χ3n) is 6.56. The smallest absolute Gasteiger partial charge is 0.252 e. The number of carbonyl (C=O) groups is 1. The number of hydrogen-bond donors (Lipinski definition) is 1. The zero-order valence-electron chi connectivity index (χ0n) is 16.7. The monoisotopic (exact) mass is 374 g/mol. The Bertz CT molecular complexity index is 645. The average molecular weight is 375 g/mol. The standard InChI is InChI=1S/C21H34N4O2/c1-21(10-5-6-13-27-21)20(26)22-15-17-14-19-16-24(11-7-12-25(19)23-17)18-8-3-2-4-9-18/h14,18H,2-13,15-16H2,1H3,(H,22,26). The molecular formula is C21H34N4O2. The number of nitrogens with zero attached hydrogens (tertiary/aromatic N) is 3. The fraction of sp³-hybridized carbons (Fsp3) is 0.810. The molecule has 1 saturated carbocycles. The molecule has 150 valence electrons. The van der Waals surface area contributed by atoms with Crippen molar-refractivity contribution in [3.63, 3.8) is 0 Å². The Morgan fingerprint density at radius 3 is 2.85 bits per heavy atom. The van der Waals surface area contributed by atoms with Gasteiger partial charge in [0.05, 0.1) is 17.9 Å². The van der Waals surface area contributed by atoms with Gasteiger partial charge in [0, 0.05) is 32.3 Å². The summed E-state index contributed by atoms with van der Waals surface area (Å²) in [6.45, 7) is 6.22. The number of aryl methyl sites for hydroxylation is 1. The molecule has 1 aliphatic carbocycles. The number of aromatic nitrogens is 2. The van der Waals surface area contributed by atoms with E-state index in [1.165, 1.54) is 44.3 Å². The van der Waals surface area contributed by atoms with Gasteiger partial charge in [-0.05, 0) is 51.5 Å². The normalized spacial score (nSPS) is 27.7. The SMILES string of the molecule is CC1(C(=O)NCc2cc3n(n2)CCCN(C2CCCCC2)C3)CCCCO1. The van der Waals surface area contributed by atoms with E-state index < -0.39 is 5.60 Å². The largest absolute Gasteiger partial charge is 0.365 e. The second-order valence-corrected chi connectivity index (χ2v) is 8.69. The molecule has 1 unspecified atom stereocenters. The summed E-state index contributed by atoms with van der Waals surface area (Å²) < 4.78 is 7.91. The average Bonchev–Trinajstić information content (AvgIpc) is 2.97. The highest BCUT2D eigenvalue weighted by Gasteiger charge is 2.35. The molecule has 1 saturated heterocycles. The second kappa shape index (κ2) is 8.31. The lowest BCUT2D eigenvalue weighted by Gasteiger charge is -2.33. The van der Waals surface area contributed by atoms with Crippen LogP contribution in [-0.4, -0.2) is 45.4 Å². The quantitative estimate of drug-likeness (QED) is 0.880. The van der Waals surface area contributed by atoms with Crippen molar-refractivity contribution < 1.29 is 9.53 Å². The molecule has 1 aromatic rings. The molecule has 0 radical (unpaired) electrons. The molecule has 0 bridgehead atoms. The zero-order chi connectivity index (χ0) is 18.7. The van der Waals surface area contributed by atoms with Gasteiger partial charge in [0.2, 0.25) is 0 Å². The summed E-state index contributed by atoms with van der Waals surface area (Å²) in [5.41, 5.74) is 1.58. The van der Waals surface area contributed by atoms with Gasteiger partial charge >= 0.3 is 0 Å². The van der Waals surface area contributed by atoms with Crippen LogP contribution < -0.4 is 5.32 Å². The van der Waals surface area contributed by atoms with E-state index in [2.05, 4.69) is 21.0 Å². The van der Waals surface area contributed by atoms with Crippen LogP contribution in [0.1, 0.15) is 76.1 Å². The van der Waals surface area contributed by atoms with Crippen molar-refractivity contribution >= 4 is 5.91 Å². The van der Waals surface area contributed by atoms with Crippen molar-refractivity contribution in [2.45, 2.75) is 96.0 Å². The lowest BCUT2D eigenvalue weighted by Crippen LogP contribution is -2.48. The molecule has 4 rings (SSSR count). The molecule has 1 atom stereocenters. The Kier molecular flexibility index (Phi) is 5.83. The maximum atomic E-state index is 12.6. The van der Waals surface area contributed by atoms with Crippen LogP contribution in [0.5, 0.6) is 0 Å². The Balaban J connectivity index is 1.36. The maximum absolute atomic E-state index is 12.6. The minimum absolute atomic E-state index is 0.00535. The van der Waals surface area contributed by atoms with Crippen LogP contribution in [-0.2, 0) is 29.2 Å². The van der Waals surface area contributed by atoms with E-state index in [0.717, 1.165) is 50.5 Å². The van der Waals surface area contributed by atoms with Gasteiger partial charge in [0.25, 0.3) is 5.91 Å². The highest BCUT2D eigenvalue weighted by Crippen LogP contribution is 2.27. The first-order valence-corrected chi connectivity index (χ1v) is 10.9. The second-order valence-electron chi connectivity index (χ2n) is 8.69. The molecule has 6 nitrogen and oxygen atoms in total. The number of hydrogen-bond acceptors (Lipinski definition) is 4. The van der Waals surface area contributed by atoms with Crippen molar-refractivity contribution in [2.75, 3.05) is 13.2 Å². The zero-order valence-corrected chi connectivity index (χ0v) is 16.7. The minimum atomic E-state index is -0.674. The van der Waals surface area contributed by atoms with Gasteiger partial charge < -0.3 is 10.1 Å². The predicted molar refractivity (Wildman–Crippen MR) is 104 cm³/mol. The van der Waals surface area contributed by atoms with E-state index in [1.807, 2.05) is 6.92 Å². The number of amides is 1. The van der Waals surface area contributed by atoms with Crippen molar-refractivity contribution in [3.8, 4) is 0 Å². The number of fused-ring (bicyclic) bond motifs is 1. The Morgan fingerprint density at radius 2 is 2.07 bits per heavy atom. The molecule has 1 amide bonds. The molecule has 27 heavy (non-hydrogen) atoms. The fourth-order valence-corrected chi connectivity index (χ4v) is 4.86. The topological polar surface area (TPSA) is 59.4 Å². The number of ether oxygens (including phenoxy) is 1. The lowest BCUT2D eigenvalue weighted by atomic mass is 9.94. The van der Waals surface area contributed by atoms with E-state index >= 15 is 0 Å². The Morgan fingerprint density at radius 1 is 1.22 bits per heavy atom. The van der Waals surface area contributed by atoms with Crippen LogP contribution in [0, 0.1) is 0 Å². The molecule has 1 aromatic heterocycles. The van der Waals surface area contributed by atoms with E-state index in [0.29, 0.717) is 13.2 Å². The van der Waals surface area contributed by atoms with Gasteiger partial charge in [0.1, 0.15) is 5.60 Å². The minimum Gasteiger partial charge on any atom is -0.365 e. The van der Waals surface area contributed by atoms with Crippen LogP contribution >= 0.6 is 0 Å². The van der Waals surface area contributed by atoms with Gasteiger partial charge in [-0.3, -0.25) is 14.4 Å². The van der Waals surface area contributed by atoms with Gasteiger partial charge in [-0.15, -0.1) is 0 Å². The van der Waals surface area contributed by atoms with Gasteiger partial charge in [-0.25, -0.2) is 0 Å². The molecule has 3 aliphatic rings. The number of carbonyl (C=O) groups excluding carboxylic acids is 1. The number of nitrogens with one attached hydrogen (secondary N) is 1. The molecule has 2 fully saturated rings. The first kappa shape index (κ1) is 18.9. The number of rotatable bonds is 4. The van der Waals surface area contributed by atoms with Crippen LogP contribution in [0.25, 0.3) is 0 Å². The molecule has 3 heterocycles. The van der Waals surface area contributed by atoms with Crippen LogP contribution in [0.4, 0.5) is 0 Å². The van der Waals surface area contributed by atoms with E-state index in [-0.39, 0.29) is 5.91 Å². The molecule has 2 aliphatic heterocycles. The summed E-state index contributed by atoms with van der Waals surface area (Å²) >= 11 is 0. The fourth-order valence-electron chi connectivity index (χ4n) is 4.86. The third-order valence-corrected chi connectivity index (χ3v) is 6.56. The summed E-state index contributed by atoms with van der Waals surface area (Å²) in [7, 11) is 0. The van der Waals surface area contributed by atoms with Crippen LogP contribution in [0.3, 0.4) is 0 Å². The summed E-state index contributed by atoms with van der Waals surface area (Å²) in [6, 6.07) is 2.93. The highest BCUT2D eigenvalue weighted by atomic mass is 16.5. The summed E-state index contributed by atoms with van der Waals surface area (Å²) in [6.07, 6.45) is 10.9. The summed E-state index contributed by atoms with van der Waals surface area (Å²) in [5, 5.41) is 7.82. The third kappa shape index (κ3) is 4.37. The van der Waals surface area contributed by atoms with Crippen molar-refractivity contribution in [1.29, 1.82) is 0 Å². The van der Waals surface area contributed by atoms with E-state index in [1.54, 1.807) is 0 Å². The van der Waals surface area contributed by atoms with Crippen molar-refractivity contribution in [1.82, 2.24) is 20.0 Å². The summed E-state index contributed by atoms with van der Waals surface area (Å²) in [5.74, 6) is -0.00535. The maximum Gasteiger partial charge on any atom is 0.252 e. The first-order chi connectivity index (χ1) is 13.1. The highest BCUT2D eigenvalue weighted by molar-refractivity contribution is 5.84. The molecule has 6 heteroatoms. The van der Waals surface area contributed by atoms with Gasteiger partial charge in [-0.2, -0.15) is 5.10 Å². The van der Waals surface area contributed by atoms with E-state index in [9.17, 15) is 4.79 Å². The van der Waals surface area contributed by atoms with Gasteiger partial charge in [-0.1, -0.05) is 19.3 Å². The lowest BCUT2D eigenvalue weighted by molar-refractivity contribution is -0.150. The van der Waals surface area contributed by atoms with Crippen LogP contribution in [0.2, 0.25) is 0 Å². The van der Waals surface area contributed by atoms with Crippen molar-refractivity contribution in [3.05, 3.63) is 17.5 Å². The first-order valence-electron chi connectivity index (χ1n) is 10.9. The summed E-state index contributed by atoms with van der Waals surface area (Å²) in [4.78, 5) is 15.2. The van der Waals surface area contributed by atoms with Gasteiger partial charge in [0.15, 0.2) is 0 Å². The Labute approximate surface area is 162 Å².